The second-order valence-corrected chi connectivity index (χ2v) is 6.23. The number of carbonyl (C=O) groups excluding carboxylic acids is 2. The van der Waals surface area contributed by atoms with Crippen molar-refractivity contribution >= 4 is 17.7 Å². The van der Waals surface area contributed by atoms with Gasteiger partial charge in [-0.2, -0.15) is 0 Å². The van der Waals surface area contributed by atoms with Gasteiger partial charge in [0.25, 0.3) is 0 Å². The van der Waals surface area contributed by atoms with E-state index in [0.717, 1.165) is 11.3 Å². The predicted octanol–water partition coefficient (Wildman–Crippen LogP) is 2.29. The Morgan fingerprint density at radius 3 is 2.59 bits per heavy atom. The Bertz CT molecular complexity index is 774. The largest absolute Gasteiger partial charge is 0.462 e. The number of nitrogens with one attached hydrogen (secondary N) is 1. The van der Waals surface area contributed by atoms with E-state index in [-0.39, 0.29) is 12.0 Å². The maximum atomic E-state index is 12.4. The average molecular weight is 368 g/mol. The van der Waals surface area contributed by atoms with E-state index >= 15 is 0 Å². The zero-order valence-corrected chi connectivity index (χ0v) is 15.4. The zero-order chi connectivity index (χ0) is 19.1. The molecule has 0 radical (unpaired) electrons. The molecule has 2 aromatic rings. The minimum absolute atomic E-state index is 0.0859. The lowest BCUT2D eigenvalue weighted by Gasteiger charge is -2.36. The number of urea groups is 1. The van der Waals surface area contributed by atoms with Crippen molar-refractivity contribution in [2.75, 3.05) is 37.7 Å². The number of piperazine rings is 1. The molecule has 2 heterocycles. The monoisotopic (exact) mass is 368 g/mol. The minimum atomic E-state index is -0.315. The summed E-state index contributed by atoms with van der Waals surface area (Å²) in [6, 6.07) is 11.1. The first-order valence-electron chi connectivity index (χ1n) is 9.12. The molecule has 1 aromatic heterocycles. The van der Waals surface area contributed by atoms with E-state index in [1.54, 1.807) is 30.3 Å². The summed E-state index contributed by atoms with van der Waals surface area (Å²) in [5.41, 5.74) is 2.38. The van der Waals surface area contributed by atoms with Crippen molar-refractivity contribution < 1.29 is 14.3 Å². The summed E-state index contributed by atoms with van der Waals surface area (Å²) in [6.07, 6.45) is 3.45. The van der Waals surface area contributed by atoms with Gasteiger partial charge in [-0.15, -0.1) is 0 Å². The van der Waals surface area contributed by atoms with E-state index in [4.69, 9.17) is 4.74 Å². The van der Waals surface area contributed by atoms with Gasteiger partial charge in [-0.25, -0.2) is 9.59 Å². The average Bonchev–Trinajstić information content (AvgIpc) is 2.73. The molecule has 1 aromatic carbocycles. The van der Waals surface area contributed by atoms with Gasteiger partial charge >= 0.3 is 12.0 Å². The van der Waals surface area contributed by atoms with Crippen LogP contribution in [0.15, 0.2) is 48.8 Å². The van der Waals surface area contributed by atoms with E-state index in [2.05, 4.69) is 15.2 Å². The second kappa shape index (κ2) is 9.02. The third kappa shape index (κ3) is 4.75. The molecule has 0 aliphatic carbocycles. The van der Waals surface area contributed by atoms with Crippen molar-refractivity contribution in [3.8, 4) is 0 Å². The van der Waals surface area contributed by atoms with Crippen LogP contribution in [-0.2, 0) is 11.3 Å². The van der Waals surface area contributed by atoms with Crippen LogP contribution in [0, 0.1) is 0 Å². The molecule has 1 aliphatic heterocycles. The number of aromatic nitrogens is 1. The highest BCUT2D eigenvalue weighted by molar-refractivity contribution is 5.96. The molecule has 7 heteroatoms. The first kappa shape index (κ1) is 18.7. The number of hydrogen-bond donors (Lipinski definition) is 1. The van der Waals surface area contributed by atoms with Crippen LogP contribution in [0.3, 0.4) is 0 Å². The second-order valence-electron chi connectivity index (χ2n) is 6.23. The van der Waals surface area contributed by atoms with Crippen LogP contribution in [-0.4, -0.2) is 54.7 Å². The highest BCUT2D eigenvalue weighted by atomic mass is 16.5. The van der Waals surface area contributed by atoms with E-state index in [9.17, 15) is 9.59 Å². The first-order valence-corrected chi connectivity index (χ1v) is 9.12. The van der Waals surface area contributed by atoms with Crippen LogP contribution in [0.2, 0.25) is 0 Å². The van der Waals surface area contributed by atoms with Crippen LogP contribution in [0.1, 0.15) is 22.8 Å². The fraction of sp³-hybridized carbons (Fsp3) is 0.350. The Hall–Kier alpha value is -3.09. The van der Waals surface area contributed by atoms with Gasteiger partial charge in [0.2, 0.25) is 0 Å². The molecular weight excluding hydrogens is 344 g/mol. The van der Waals surface area contributed by atoms with Crippen LogP contribution < -0.4 is 10.2 Å². The molecule has 0 saturated carbocycles. The fourth-order valence-electron chi connectivity index (χ4n) is 3.07. The molecule has 1 aliphatic rings. The summed E-state index contributed by atoms with van der Waals surface area (Å²) in [5.74, 6) is -0.315. The van der Waals surface area contributed by atoms with Gasteiger partial charge in [-0.1, -0.05) is 18.2 Å². The summed E-state index contributed by atoms with van der Waals surface area (Å²) in [6.45, 7) is 5.11. The molecule has 1 N–H and O–H groups in total. The number of pyridine rings is 1. The summed E-state index contributed by atoms with van der Waals surface area (Å²) in [7, 11) is 0. The highest BCUT2D eigenvalue weighted by Crippen LogP contribution is 2.22. The molecule has 7 nitrogen and oxygen atoms in total. The number of para-hydroxylation sites is 1. The van der Waals surface area contributed by atoms with Gasteiger partial charge in [0.1, 0.15) is 0 Å². The Balaban J connectivity index is 1.56. The molecule has 0 unspecified atom stereocenters. The van der Waals surface area contributed by atoms with Crippen LogP contribution in [0.4, 0.5) is 10.5 Å². The van der Waals surface area contributed by atoms with Gasteiger partial charge in [0.05, 0.1) is 17.9 Å². The van der Waals surface area contributed by atoms with Crippen molar-refractivity contribution in [2.24, 2.45) is 0 Å². The van der Waals surface area contributed by atoms with Crippen molar-refractivity contribution in [3.63, 3.8) is 0 Å². The Labute approximate surface area is 158 Å². The molecule has 0 bridgehead atoms. The third-order valence-corrected chi connectivity index (χ3v) is 4.47. The Kier molecular flexibility index (Phi) is 6.25. The standard InChI is InChI=1S/C20H24N4O3/c1-2-27-19(25)17-7-3-4-8-18(17)23-10-12-24(13-11-23)20(26)22-15-16-6-5-9-21-14-16/h3-9,14H,2,10-13,15H2,1H3,(H,22,26). The third-order valence-electron chi connectivity index (χ3n) is 4.47. The SMILES string of the molecule is CCOC(=O)c1ccccc1N1CCN(C(=O)NCc2cccnc2)CC1. The summed E-state index contributed by atoms with van der Waals surface area (Å²) in [4.78, 5) is 32.5. The Morgan fingerprint density at radius 1 is 1.11 bits per heavy atom. The highest BCUT2D eigenvalue weighted by Gasteiger charge is 2.24. The zero-order valence-electron chi connectivity index (χ0n) is 15.4. The number of esters is 1. The van der Waals surface area contributed by atoms with Gasteiger partial charge in [-0.3, -0.25) is 4.98 Å². The summed E-state index contributed by atoms with van der Waals surface area (Å²) >= 11 is 0. The van der Waals surface area contributed by atoms with Crippen molar-refractivity contribution in [2.45, 2.75) is 13.5 Å². The maximum Gasteiger partial charge on any atom is 0.340 e. The number of amides is 2. The molecule has 0 spiro atoms. The van der Waals surface area contributed by atoms with Crippen molar-refractivity contribution in [1.82, 2.24) is 15.2 Å². The molecule has 1 fully saturated rings. The molecule has 27 heavy (non-hydrogen) atoms. The van der Waals surface area contributed by atoms with Gasteiger partial charge in [0, 0.05) is 45.1 Å². The summed E-state index contributed by atoms with van der Waals surface area (Å²) in [5, 5.41) is 2.92. The maximum absolute atomic E-state index is 12.4. The number of carbonyl (C=O) groups is 2. The smallest absolute Gasteiger partial charge is 0.340 e. The quantitative estimate of drug-likeness (QED) is 0.820. The fourth-order valence-corrected chi connectivity index (χ4v) is 3.07. The van der Waals surface area contributed by atoms with E-state index in [1.165, 1.54) is 0 Å². The lowest BCUT2D eigenvalue weighted by molar-refractivity contribution is 0.0527. The molecule has 2 amide bonds. The number of ether oxygens (including phenoxy) is 1. The molecular formula is C20H24N4O3. The van der Waals surface area contributed by atoms with Crippen molar-refractivity contribution in [3.05, 3.63) is 59.9 Å². The van der Waals surface area contributed by atoms with E-state index < -0.39 is 0 Å². The lowest BCUT2D eigenvalue weighted by atomic mass is 10.1. The minimum Gasteiger partial charge on any atom is -0.462 e. The van der Waals surface area contributed by atoms with Gasteiger partial charge in [0.15, 0.2) is 0 Å². The normalized spacial score (nSPS) is 14.0. The number of rotatable bonds is 5. The first-order chi connectivity index (χ1) is 13.2. The van der Waals surface area contributed by atoms with Crippen LogP contribution in [0.5, 0.6) is 0 Å². The number of benzene rings is 1. The Morgan fingerprint density at radius 2 is 1.89 bits per heavy atom. The molecule has 1 saturated heterocycles. The summed E-state index contributed by atoms with van der Waals surface area (Å²) < 4.78 is 5.15. The van der Waals surface area contributed by atoms with E-state index in [0.29, 0.717) is 44.9 Å². The van der Waals surface area contributed by atoms with Crippen LogP contribution in [0.25, 0.3) is 0 Å². The lowest BCUT2D eigenvalue weighted by Crippen LogP contribution is -2.52. The topological polar surface area (TPSA) is 74.8 Å². The van der Waals surface area contributed by atoms with Gasteiger partial charge < -0.3 is 19.9 Å². The van der Waals surface area contributed by atoms with Crippen LogP contribution >= 0.6 is 0 Å². The molecule has 142 valence electrons. The van der Waals surface area contributed by atoms with Gasteiger partial charge in [-0.05, 0) is 30.7 Å². The molecule has 0 atom stereocenters. The van der Waals surface area contributed by atoms with Crippen molar-refractivity contribution in [1.29, 1.82) is 0 Å². The number of nitrogens with zero attached hydrogens (tertiary/aromatic N) is 3. The predicted molar refractivity (Wildman–Crippen MR) is 103 cm³/mol. The number of hydrogen-bond acceptors (Lipinski definition) is 5. The number of anilines is 1. The van der Waals surface area contributed by atoms with E-state index in [1.807, 2.05) is 30.3 Å². The molecule has 3 rings (SSSR count).